The summed E-state index contributed by atoms with van der Waals surface area (Å²) in [6.45, 7) is 8.36. The minimum absolute atomic E-state index is 0.184. The van der Waals surface area contributed by atoms with E-state index >= 15 is 0 Å². The molecule has 1 aromatic carbocycles. The van der Waals surface area contributed by atoms with Gasteiger partial charge in [-0.1, -0.05) is 6.92 Å². The number of nitrogens with zero attached hydrogens (tertiary/aromatic N) is 1. The van der Waals surface area contributed by atoms with Crippen molar-refractivity contribution < 1.29 is 14.9 Å². The molecule has 0 bridgehead atoms. The van der Waals surface area contributed by atoms with Crippen LogP contribution in [0.3, 0.4) is 0 Å². The van der Waals surface area contributed by atoms with Crippen LogP contribution in [0.15, 0.2) is 17.1 Å². The molecule has 2 N–H and O–H groups in total. The van der Waals surface area contributed by atoms with E-state index in [1.165, 1.54) is 0 Å². The van der Waals surface area contributed by atoms with Gasteiger partial charge in [0.2, 0.25) is 0 Å². The Morgan fingerprint density at radius 2 is 2.10 bits per heavy atom. The quantitative estimate of drug-likeness (QED) is 0.896. The molecule has 4 nitrogen and oxygen atoms in total. The normalized spacial score (nSPS) is 19.3. The molecule has 1 unspecified atom stereocenters. The highest BCUT2D eigenvalue weighted by molar-refractivity contribution is 6.05. The number of benzene rings is 1. The molecule has 2 rings (SSSR count). The van der Waals surface area contributed by atoms with Crippen molar-refractivity contribution in [3.05, 3.63) is 23.3 Å². The maximum absolute atomic E-state index is 10.5. The third-order valence-corrected chi connectivity index (χ3v) is 3.78. The summed E-state index contributed by atoms with van der Waals surface area (Å²) in [5, 5.41) is 20.2. The van der Waals surface area contributed by atoms with Gasteiger partial charge in [-0.2, -0.15) is 0 Å². The first-order valence-electron chi connectivity index (χ1n) is 7.52. The van der Waals surface area contributed by atoms with Gasteiger partial charge in [-0.15, -0.1) is 0 Å². The molecular formula is C17H25NO3. The Bertz CT molecular complexity index is 544. The Labute approximate surface area is 126 Å². The molecule has 0 amide bonds. The zero-order valence-electron chi connectivity index (χ0n) is 13.3. The summed E-state index contributed by atoms with van der Waals surface area (Å²) >= 11 is 0. The largest absolute Gasteiger partial charge is 0.507 e. The monoisotopic (exact) mass is 291 g/mol. The molecule has 21 heavy (non-hydrogen) atoms. The number of ether oxygens (including phenoxy) is 1. The van der Waals surface area contributed by atoms with Crippen molar-refractivity contribution in [3.8, 4) is 11.5 Å². The number of hydrogen-bond acceptors (Lipinski definition) is 4. The topological polar surface area (TPSA) is 62.0 Å². The third-order valence-electron chi connectivity index (χ3n) is 3.78. The molecule has 1 aliphatic rings. The van der Waals surface area contributed by atoms with Gasteiger partial charge in [-0.3, -0.25) is 4.99 Å². The van der Waals surface area contributed by atoms with Gasteiger partial charge in [0.05, 0.1) is 5.60 Å². The Hall–Kier alpha value is -1.55. The van der Waals surface area contributed by atoms with E-state index in [9.17, 15) is 10.2 Å². The summed E-state index contributed by atoms with van der Waals surface area (Å²) in [6.07, 6.45) is 2.21. The van der Waals surface area contributed by atoms with E-state index < -0.39 is 5.60 Å². The first-order valence-corrected chi connectivity index (χ1v) is 7.52. The average Bonchev–Trinajstić information content (AvgIpc) is 2.41. The lowest BCUT2D eigenvalue weighted by Crippen LogP contribution is -2.28. The van der Waals surface area contributed by atoms with Crippen LogP contribution in [0.2, 0.25) is 0 Å². The van der Waals surface area contributed by atoms with Gasteiger partial charge in [-0.25, -0.2) is 0 Å². The number of aliphatic hydroxyl groups is 1. The average molecular weight is 291 g/mol. The molecule has 0 radical (unpaired) electrons. The molecule has 1 aromatic rings. The standard InChI is InChI=1S/C17H25NO3/c1-11-6-5-9-18-15(11)13-7-8-14(12(2)16(13)19)21-10-17(3,4)20/h7-8,11,19-20H,5-6,9-10H2,1-4H3. The Balaban J connectivity index is 2.27. The number of aliphatic imine (C=N–C) groups is 1. The van der Waals surface area contributed by atoms with Crippen LogP contribution >= 0.6 is 0 Å². The van der Waals surface area contributed by atoms with Crippen molar-refractivity contribution in [2.24, 2.45) is 10.9 Å². The van der Waals surface area contributed by atoms with Crippen molar-refractivity contribution in [2.75, 3.05) is 13.2 Å². The molecule has 1 aliphatic heterocycles. The van der Waals surface area contributed by atoms with E-state index in [2.05, 4.69) is 11.9 Å². The Morgan fingerprint density at radius 1 is 1.38 bits per heavy atom. The maximum atomic E-state index is 10.5. The lowest BCUT2D eigenvalue weighted by Gasteiger charge is -2.23. The molecule has 116 valence electrons. The SMILES string of the molecule is Cc1c(OCC(C)(C)O)ccc(C2=NCCCC2C)c1O. The highest BCUT2D eigenvalue weighted by atomic mass is 16.5. The minimum atomic E-state index is -0.900. The van der Waals surface area contributed by atoms with Crippen LogP contribution in [0, 0.1) is 12.8 Å². The van der Waals surface area contributed by atoms with E-state index in [0.29, 0.717) is 17.2 Å². The molecular weight excluding hydrogens is 266 g/mol. The Morgan fingerprint density at radius 3 is 2.71 bits per heavy atom. The molecule has 0 saturated carbocycles. The highest BCUT2D eigenvalue weighted by Crippen LogP contribution is 2.34. The van der Waals surface area contributed by atoms with E-state index in [4.69, 9.17) is 4.74 Å². The second-order valence-electron chi connectivity index (χ2n) is 6.50. The van der Waals surface area contributed by atoms with E-state index in [-0.39, 0.29) is 12.4 Å². The van der Waals surface area contributed by atoms with Crippen molar-refractivity contribution in [3.63, 3.8) is 0 Å². The van der Waals surface area contributed by atoms with Crippen LogP contribution in [-0.4, -0.2) is 34.7 Å². The van der Waals surface area contributed by atoms with Gasteiger partial charge in [0.15, 0.2) is 0 Å². The molecule has 0 spiro atoms. The van der Waals surface area contributed by atoms with Gasteiger partial charge < -0.3 is 14.9 Å². The summed E-state index contributed by atoms with van der Waals surface area (Å²) < 4.78 is 5.60. The Kier molecular flexibility index (Phi) is 4.57. The zero-order chi connectivity index (χ0) is 15.6. The lowest BCUT2D eigenvalue weighted by atomic mass is 9.90. The number of phenols is 1. The van der Waals surface area contributed by atoms with Gasteiger partial charge >= 0.3 is 0 Å². The predicted molar refractivity (Wildman–Crippen MR) is 84.4 cm³/mol. The maximum Gasteiger partial charge on any atom is 0.131 e. The van der Waals surface area contributed by atoms with Crippen molar-refractivity contribution >= 4 is 5.71 Å². The van der Waals surface area contributed by atoms with Gasteiger partial charge in [-0.05, 0) is 51.7 Å². The van der Waals surface area contributed by atoms with Crippen molar-refractivity contribution in [1.82, 2.24) is 0 Å². The molecule has 4 heteroatoms. The van der Waals surface area contributed by atoms with E-state index in [1.54, 1.807) is 13.8 Å². The molecule has 0 aromatic heterocycles. The molecule has 0 fully saturated rings. The fourth-order valence-electron chi connectivity index (χ4n) is 2.54. The summed E-state index contributed by atoms with van der Waals surface area (Å²) in [6, 6.07) is 3.71. The molecule has 1 atom stereocenters. The van der Waals surface area contributed by atoms with Crippen LogP contribution in [0.4, 0.5) is 0 Å². The summed E-state index contributed by atoms with van der Waals surface area (Å²) in [4.78, 5) is 4.57. The summed E-state index contributed by atoms with van der Waals surface area (Å²) in [5.74, 6) is 1.20. The highest BCUT2D eigenvalue weighted by Gasteiger charge is 2.22. The van der Waals surface area contributed by atoms with Crippen LogP contribution in [0.1, 0.15) is 44.7 Å². The number of phenolic OH excluding ortho intramolecular Hbond substituents is 1. The van der Waals surface area contributed by atoms with Crippen LogP contribution in [-0.2, 0) is 0 Å². The second-order valence-corrected chi connectivity index (χ2v) is 6.50. The molecule has 0 aliphatic carbocycles. The molecule has 1 heterocycles. The smallest absolute Gasteiger partial charge is 0.131 e. The number of aromatic hydroxyl groups is 1. The molecule has 0 saturated heterocycles. The predicted octanol–water partition coefficient (Wildman–Crippen LogP) is 3.07. The fourth-order valence-corrected chi connectivity index (χ4v) is 2.54. The van der Waals surface area contributed by atoms with E-state index in [1.807, 2.05) is 19.1 Å². The van der Waals surface area contributed by atoms with Crippen LogP contribution < -0.4 is 4.74 Å². The van der Waals surface area contributed by atoms with Gasteiger partial charge in [0.1, 0.15) is 18.1 Å². The van der Waals surface area contributed by atoms with Crippen LogP contribution in [0.5, 0.6) is 11.5 Å². The van der Waals surface area contributed by atoms with Crippen molar-refractivity contribution in [1.29, 1.82) is 0 Å². The summed E-state index contributed by atoms with van der Waals surface area (Å²) in [5.41, 5.74) is 1.58. The fraction of sp³-hybridized carbons (Fsp3) is 0.588. The first kappa shape index (κ1) is 15.8. The lowest BCUT2D eigenvalue weighted by molar-refractivity contribution is 0.0282. The van der Waals surface area contributed by atoms with Crippen molar-refractivity contribution in [2.45, 2.75) is 46.1 Å². The minimum Gasteiger partial charge on any atom is -0.507 e. The number of rotatable bonds is 4. The first-order chi connectivity index (χ1) is 9.79. The third kappa shape index (κ3) is 3.76. The number of hydrogen-bond donors (Lipinski definition) is 2. The second kappa shape index (κ2) is 6.06. The van der Waals surface area contributed by atoms with Gasteiger partial charge in [0.25, 0.3) is 0 Å². The summed E-state index contributed by atoms with van der Waals surface area (Å²) in [7, 11) is 0. The van der Waals surface area contributed by atoms with Gasteiger partial charge in [0, 0.05) is 23.4 Å². The van der Waals surface area contributed by atoms with E-state index in [0.717, 1.165) is 30.7 Å². The zero-order valence-corrected chi connectivity index (χ0v) is 13.3. The van der Waals surface area contributed by atoms with Crippen LogP contribution in [0.25, 0.3) is 0 Å².